The van der Waals surface area contributed by atoms with Gasteiger partial charge in [0.15, 0.2) is 5.57 Å². The monoisotopic (exact) mass is 337 g/mol. The topological polar surface area (TPSA) is 64.6 Å². The number of hydrogen-bond donors (Lipinski definition) is 1. The molecule has 25 heavy (non-hydrogen) atoms. The number of carbonyl (C=O) groups excluding carboxylic acids is 2. The highest BCUT2D eigenvalue weighted by Crippen LogP contribution is 2.24. The number of esters is 2. The summed E-state index contributed by atoms with van der Waals surface area (Å²) in [4.78, 5) is 23.8. The van der Waals surface area contributed by atoms with Crippen LogP contribution in [0.5, 0.6) is 0 Å². The van der Waals surface area contributed by atoms with E-state index < -0.39 is 17.7 Å². The molecule has 0 atom stereocenters. The van der Waals surface area contributed by atoms with Gasteiger partial charge in [-0.25, -0.2) is 9.59 Å². The van der Waals surface area contributed by atoms with Crippen molar-refractivity contribution in [1.29, 1.82) is 0 Å². The van der Waals surface area contributed by atoms with Crippen molar-refractivity contribution in [2.45, 2.75) is 26.6 Å². The first-order valence-electron chi connectivity index (χ1n) is 7.94. The molecule has 1 heterocycles. The number of nitrogens with one attached hydrogen (secondary N) is 1. The van der Waals surface area contributed by atoms with Gasteiger partial charge in [-0.1, -0.05) is 42.0 Å². The van der Waals surface area contributed by atoms with Crippen LogP contribution in [0.3, 0.4) is 0 Å². The van der Waals surface area contributed by atoms with Crippen LogP contribution >= 0.6 is 0 Å². The molecule has 0 aromatic heterocycles. The number of anilines is 1. The van der Waals surface area contributed by atoms with Crippen LogP contribution in [0.2, 0.25) is 0 Å². The fourth-order valence-corrected chi connectivity index (χ4v) is 2.44. The second kappa shape index (κ2) is 6.43. The first-order chi connectivity index (χ1) is 11.8. The quantitative estimate of drug-likeness (QED) is 0.524. The minimum atomic E-state index is -1.23. The highest BCUT2D eigenvalue weighted by atomic mass is 16.7. The zero-order valence-corrected chi connectivity index (χ0v) is 14.3. The Hall–Kier alpha value is -3.08. The van der Waals surface area contributed by atoms with E-state index in [0.717, 1.165) is 16.8 Å². The molecule has 3 rings (SSSR count). The maximum atomic E-state index is 11.9. The van der Waals surface area contributed by atoms with Crippen molar-refractivity contribution in [2.75, 3.05) is 5.32 Å². The van der Waals surface area contributed by atoms with Gasteiger partial charge in [-0.2, -0.15) is 0 Å². The van der Waals surface area contributed by atoms with Crippen LogP contribution in [0.25, 0.3) is 11.1 Å². The zero-order valence-electron chi connectivity index (χ0n) is 14.3. The third kappa shape index (κ3) is 3.88. The molecule has 1 aliphatic heterocycles. The van der Waals surface area contributed by atoms with Crippen molar-refractivity contribution in [3.8, 4) is 11.1 Å². The third-order valence-electron chi connectivity index (χ3n) is 3.77. The molecular weight excluding hydrogens is 318 g/mol. The molecule has 1 N–H and O–H groups in total. The summed E-state index contributed by atoms with van der Waals surface area (Å²) in [5, 5.41) is 2.93. The molecule has 0 unspecified atom stereocenters. The van der Waals surface area contributed by atoms with Gasteiger partial charge in [-0.05, 0) is 30.2 Å². The molecule has 0 aliphatic carbocycles. The van der Waals surface area contributed by atoms with Gasteiger partial charge in [-0.15, -0.1) is 0 Å². The van der Waals surface area contributed by atoms with Gasteiger partial charge in [0.25, 0.3) is 5.79 Å². The fraction of sp³-hybridized carbons (Fsp3) is 0.200. The molecule has 128 valence electrons. The maximum Gasteiger partial charge on any atom is 0.350 e. The van der Waals surface area contributed by atoms with Crippen molar-refractivity contribution in [3.63, 3.8) is 0 Å². The largest absolute Gasteiger partial charge is 0.419 e. The van der Waals surface area contributed by atoms with E-state index in [1.54, 1.807) is 0 Å². The van der Waals surface area contributed by atoms with Gasteiger partial charge in [0, 0.05) is 25.7 Å². The molecule has 2 aromatic carbocycles. The fourth-order valence-electron chi connectivity index (χ4n) is 2.44. The van der Waals surface area contributed by atoms with Crippen LogP contribution in [0.1, 0.15) is 19.4 Å². The highest BCUT2D eigenvalue weighted by molar-refractivity contribution is 6.15. The normalized spacial score (nSPS) is 16.0. The number of rotatable bonds is 3. The van der Waals surface area contributed by atoms with E-state index in [-0.39, 0.29) is 5.57 Å². The Morgan fingerprint density at radius 3 is 1.84 bits per heavy atom. The summed E-state index contributed by atoms with van der Waals surface area (Å²) in [5.41, 5.74) is 3.99. The van der Waals surface area contributed by atoms with Gasteiger partial charge in [0.1, 0.15) is 0 Å². The van der Waals surface area contributed by atoms with Crippen molar-refractivity contribution in [1.82, 2.24) is 0 Å². The Labute approximate surface area is 146 Å². The minimum Gasteiger partial charge on any atom is -0.419 e. The summed E-state index contributed by atoms with van der Waals surface area (Å²) in [5.74, 6) is -2.64. The second-order valence-corrected chi connectivity index (χ2v) is 6.32. The minimum absolute atomic E-state index is 0.165. The van der Waals surface area contributed by atoms with Crippen LogP contribution in [0, 0.1) is 6.92 Å². The predicted octanol–water partition coefficient (Wildman–Crippen LogP) is 3.79. The zero-order chi connectivity index (χ0) is 18.0. The van der Waals surface area contributed by atoms with E-state index >= 15 is 0 Å². The number of benzene rings is 2. The third-order valence-corrected chi connectivity index (χ3v) is 3.77. The van der Waals surface area contributed by atoms with Gasteiger partial charge in [0.2, 0.25) is 0 Å². The van der Waals surface area contributed by atoms with E-state index in [2.05, 4.69) is 29.6 Å². The SMILES string of the molecule is Cc1ccc(-c2ccc(NC=C3C(=O)OC(C)(C)OC3=O)cc2)cc1. The standard InChI is InChI=1S/C20H19NO4/c1-13-4-6-14(7-5-13)15-8-10-16(11-9-15)21-12-17-18(22)24-20(2,3)25-19(17)23/h4-12,21H,1-3H3. The molecule has 1 saturated heterocycles. The first kappa shape index (κ1) is 16.8. The van der Waals surface area contributed by atoms with Gasteiger partial charge < -0.3 is 14.8 Å². The Morgan fingerprint density at radius 2 is 1.32 bits per heavy atom. The number of hydrogen-bond acceptors (Lipinski definition) is 5. The molecule has 1 fully saturated rings. The number of cyclic esters (lactones) is 2. The van der Waals surface area contributed by atoms with Crippen molar-refractivity contribution < 1.29 is 19.1 Å². The van der Waals surface area contributed by atoms with E-state index in [9.17, 15) is 9.59 Å². The van der Waals surface area contributed by atoms with E-state index in [1.165, 1.54) is 25.6 Å². The Bertz CT molecular complexity index is 811. The Balaban J connectivity index is 1.72. The lowest BCUT2D eigenvalue weighted by Crippen LogP contribution is -2.42. The van der Waals surface area contributed by atoms with E-state index in [0.29, 0.717) is 0 Å². The number of aryl methyl sites for hydroxylation is 1. The summed E-state index contributed by atoms with van der Waals surface area (Å²) in [6.07, 6.45) is 1.31. The average molecular weight is 337 g/mol. The lowest BCUT2D eigenvalue weighted by molar-refractivity contribution is -0.222. The Kier molecular flexibility index (Phi) is 4.31. The molecule has 0 spiro atoms. The molecule has 5 heteroatoms. The van der Waals surface area contributed by atoms with Crippen LogP contribution in [0.15, 0.2) is 60.3 Å². The summed E-state index contributed by atoms with van der Waals surface area (Å²) in [7, 11) is 0. The summed E-state index contributed by atoms with van der Waals surface area (Å²) in [6.45, 7) is 5.07. The van der Waals surface area contributed by atoms with Gasteiger partial charge in [0.05, 0.1) is 0 Å². The number of ether oxygens (including phenoxy) is 2. The molecule has 2 aromatic rings. The van der Waals surface area contributed by atoms with Crippen LogP contribution in [0.4, 0.5) is 5.69 Å². The lowest BCUT2D eigenvalue weighted by atomic mass is 10.0. The van der Waals surface area contributed by atoms with Crippen LogP contribution in [-0.4, -0.2) is 17.7 Å². The molecule has 0 radical (unpaired) electrons. The molecule has 0 amide bonds. The summed E-state index contributed by atoms with van der Waals surface area (Å²) in [6, 6.07) is 15.9. The second-order valence-electron chi connectivity index (χ2n) is 6.32. The molecule has 1 aliphatic rings. The molecule has 0 saturated carbocycles. The van der Waals surface area contributed by atoms with Crippen LogP contribution < -0.4 is 5.32 Å². The number of carbonyl (C=O) groups is 2. The average Bonchev–Trinajstić information content (AvgIpc) is 2.54. The van der Waals surface area contributed by atoms with Crippen molar-refractivity contribution in [3.05, 3.63) is 65.9 Å². The van der Waals surface area contributed by atoms with E-state index in [4.69, 9.17) is 9.47 Å². The summed E-state index contributed by atoms with van der Waals surface area (Å²) >= 11 is 0. The van der Waals surface area contributed by atoms with Crippen molar-refractivity contribution in [2.24, 2.45) is 0 Å². The van der Waals surface area contributed by atoms with E-state index in [1.807, 2.05) is 31.2 Å². The maximum absolute atomic E-state index is 11.9. The lowest BCUT2D eigenvalue weighted by Gasteiger charge is -2.29. The van der Waals surface area contributed by atoms with Gasteiger partial charge in [-0.3, -0.25) is 0 Å². The van der Waals surface area contributed by atoms with Gasteiger partial charge >= 0.3 is 11.9 Å². The molecule has 0 bridgehead atoms. The first-order valence-corrected chi connectivity index (χ1v) is 7.94. The van der Waals surface area contributed by atoms with Crippen molar-refractivity contribution >= 4 is 17.6 Å². The van der Waals surface area contributed by atoms with Crippen LogP contribution in [-0.2, 0) is 19.1 Å². The summed E-state index contributed by atoms with van der Waals surface area (Å²) < 4.78 is 10.1. The highest BCUT2D eigenvalue weighted by Gasteiger charge is 2.38. The smallest absolute Gasteiger partial charge is 0.350 e. The predicted molar refractivity (Wildman–Crippen MR) is 94.6 cm³/mol. The molecular formula is C20H19NO4. The Morgan fingerprint density at radius 1 is 0.840 bits per heavy atom. The molecule has 5 nitrogen and oxygen atoms in total.